The highest BCUT2D eigenvalue weighted by Gasteiger charge is 2.05. The molecule has 0 atom stereocenters. The molecule has 0 aliphatic carbocycles. The van der Waals surface area contributed by atoms with Crippen LogP contribution in [0.15, 0.2) is 15.2 Å². The first kappa shape index (κ1) is 11.0. The van der Waals surface area contributed by atoms with Gasteiger partial charge in [0.15, 0.2) is 5.84 Å². The molecule has 1 rings (SSSR count). The van der Waals surface area contributed by atoms with Gasteiger partial charge in [-0.3, -0.25) is 5.41 Å². The maximum atomic E-state index is 7.10. The Morgan fingerprint density at radius 1 is 1.00 bits per heavy atom. The van der Waals surface area contributed by atoms with Crippen LogP contribution in [0.2, 0.25) is 0 Å². The van der Waals surface area contributed by atoms with Gasteiger partial charge in [0.1, 0.15) is 0 Å². The monoisotopic (exact) mass is 194 g/mol. The SMILES string of the molecule is CCCCCCCCC1=NC(=N)N=N1. The third-order valence-corrected chi connectivity index (χ3v) is 2.25. The molecule has 0 aromatic carbocycles. The maximum absolute atomic E-state index is 7.10. The Morgan fingerprint density at radius 3 is 2.36 bits per heavy atom. The van der Waals surface area contributed by atoms with Gasteiger partial charge in [0.05, 0.1) is 0 Å². The Balaban J connectivity index is 1.97. The first-order valence-corrected chi connectivity index (χ1v) is 5.41. The summed E-state index contributed by atoms with van der Waals surface area (Å²) in [4.78, 5) is 3.89. The number of nitrogens with zero attached hydrogens (tertiary/aromatic N) is 3. The molecule has 0 spiro atoms. The van der Waals surface area contributed by atoms with Crippen LogP contribution in [-0.2, 0) is 0 Å². The van der Waals surface area contributed by atoms with Crippen LogP contribution in [0.25, 0.3) is 0 Å². The van der Waals surface area contributed by atoms with Crippen LogP contribution in [0.1, 0.15) is 51.9 Å². The molecule has 0 unspecified atom stereocenters. The molecule has 1 heterocycles. The number of azo groups is 1. The summed E-state index contributed by atoms with van der Waals surface area (Å²) in [5.74, 6) is 0.775. The normalized spacial score (nSPS) is 14.9. The van der Waals surface area contributed by atoms with E-state index in [1.165, 1.54) is 32.1 Å². The van der Waals surface area contributed by atoms with Crippen LogP contribution in [0.5, 0.6) is 0 Å². The molecule has 0 fully saturated rings. The third-order valence-electron chi connectivity index (χ3n) is 2.25. The van der Waals surface area contributed by atoms with Crippen molar-refractivity contribution in [2.75, 3.05) is 0 Å². The van der Waals surface area contributed by atoms with Crippen LogP contribution in [-0.4, -0.2) is 11.8 Å². The van der Waals surface area contributed by atoms with Crippen molar-refractivity contribution in [2.45, 2.75) is 51.9 Å². The molecule has 0 saturated heterocycles. The van der Waals surface area contributed by atoms with Crippen molar-refractivity contribution in [3.8, 4) is 0 Å². The fourth-order valence-electron chi connectivity index (χ4n) is 1.44. The topological polar surface area (TPSA) is 60.9 Å². The van der Waals surface area contributed by atoms with E-state index in [1.54, 1.807) is 0 Å². The molecule has 0 saturated carbocycles. The Labute approximate surface area is 85.0 Å². The third kappa shape index (κ3) is 4.25. The van der Waals surface area contributed by atoms with E-state index in [4.69, 9.17) is 5.41 Å². The average Bonchev–Trinajstić information content (AvgIpc) is 2.58. The minimum atomic E-state index is 0.0472. The lowest BCUT2D eigenvalue weighted by atomic mass is 10.1. The molecule has 0 amide bonds. The zero-order chi connectivity index (χ0) is 10.2. The average molecular weight is 194 g/mol. The summed E-state index contributed by atoms with van der Waals surface area (Å²) in [5.41, 5.74) is 0. The standard InChI is InChI=1S/C10H18N4/c1-2-3-4-5-6-7-8-9-12-10(11)14-13-9/h11H,2-8H2,1H3. The number of unbranched alkanes of at least 4 members (excludes halogenated alkanes) is 5. The van der Waals surface area contributed by atoms with Crippen molar-refractivity contribution in [3.05, 3.63) is 0 Å². The molecule has 14 heavy (non-hydrogen) atoms. The smallest absolute Gasteiger partial charge is 0.263 e. The summed E-state index contributed by atoms with van der Waals surface area (Å²) >= 11 is 0. The number of hydrogen-bond acceptors (Lipinski definition) is 2. The number of rotatable bonds is 7. The summed E-state index contributed by atoms with van der Waals surface area (Å²) < 4.78 is 0. The zero-order valence-electron chi connectivity index (χ0n) is 8.79. The Hall–Kier alpha value is -1.06. The number of nitrogens with one attached hydrogen (secondary N) is 1. The summed E-state index contributed by atoms with van der Waals surface area (Å²) in [5, 5.41) is 14.5. The van der Waals surface area contributed by atoms with E-state index >= 15 is 0 Å². The number of guanidine groups is 1. The second kappa shape index (κ2) is 6.40. The van der Waals surface area contributed by atoms with E-state index < -0.39 is 0 Å². The van der Waals surface area contributed by atoms with Gasteiger partial charge in [-0.1, -0.05) is 39.0 Å². The second-order valence-electron chi connectivity index (χ2n) is 3.57. The van der Waals surface area contributed by atoms with E-state index in [-0.39, 0.29) is 5.96 Å². The van der Waals surface area contributed by atoms with E-state index in [9.17, 15) is 0 Å². The van der Waals surface area contributed by atoms with Crippen LogP contribution in [0.3, 0.4) is 0 Å². The first-order valence-electron chi connectivity index (χ1n) is 5.41. The van der Waals surface area contributed by atoms with E-state index in [1.807, 2.05) is 0 Å². The van der Waals surface area contributed by atoms with Crippen LogP contribution in [0, 0.1) is 5.41 Å². The molecule has 1 aliphatic rings. The largest absolute Gasteiger partial charge is 0.264 e. The fourth-order valence-corrected chi connectivity index (χ4v) is 1.44. The van der Waals surface area contributed by atoms with Gasteiger partial charge in [0.2, 0.25) is 0 Å². The van der Waals surface area contributed by atoms with E-state index in [0.717, 1.165) is 18.7 Å². The molecular formula is C10H18N4. The van der Waals surface area contributed by atoms with Gasteiger partial charge in [0, 0.05) is 6.42 Å². The summed E-state index contributed by atoms with van der Waals surface area (Å²) in [7, 11) is 0. The summed E-state index contributed by atoms with van der Waals surface area (Å²) in [6.45, 7) is 2.22. The van der Waals surface area contributed by atoms with Gasteiger partial charge in [0.25, 0.3) is 5.96 Å². The molecule has 0 radical (unpaired) electrons. The van der Waals surface area contributed by atoms with Crippen molar-refractivity contribution in [3.63, 3.8) is 0 Å². The lowest BCUT2D eigenvalue weighted by molar-refractivity contribution is 0.615. The van der Waals surface area contributed by atoms with Crippen LogP contribution < -0.4 is 0 Å². The van der Waals surface area contributed by atoms with Crippen molar-refractivity contribution in [2.24, 2.45) is 15.2 Å². The van der Waals surface area contributed by atoms with E-state index in [0.29, 0.717) is 0 Å². The Bertz CT molecular complexity index is 243. The number of hydrogen-bond donors (Lipinski definition) is 1. The lowest BCUT2D eigenvalue weighted by Crippen LogP contribution is -1.91. The van der Waals surface area contributed by atoms with Crippen molar-refractivity contribution in [1.29, 1.82) is 5.41 Å². The van der Waals surface area contributed by atoms with Crippen LogP contribution >= 0.6 is 0 Å². The van der Waals surface area contributed by atoms with E-state index in [2.05, 4.69) is 22.1 Å². The summed E-state index contributed by atoms with van der Waals surface area (Å²) in [6, 6.07) is 0. The van der Waals surface area contributed by atoms with Gasteiger partial charge >= 0.3 is 0 Å². The predicted octanol–water partition coefficient (Wildman–Crippen LogP) is 3.54. The molecule has 4 heteroatoms. The Morgan fingerprint density at radius 2 is 1.71 bits per heavy atom. The molecular weight excluding hydrogens is 176 g/mol. The minimum absolute atomic E-state index is 0.0472. The van der Waals surface area contributed by atoms with Crippen molar-refractivity contribution < 1.29 is 0 Å². The predicted molar refractivity (Wildman–Crippen MR) is 58.0 cm³/mol. The van der Waals surface area contributed by atoms with Gasteiger partial charge < -0.3 is 0 Å². The molecule has 0 aromatic heterocycles. The zero-order valence-corrected chi connectivity index (χ0v) is 8.79. The maximum Gasteiger partial charge on any atom is 0.263 e. The van der Waals surface area contributed by atoms with Crippen molar-refractivity contribution in [1.82, 2.24) is 0 Å². The molecule has 78 valence electrons. The number of amidine groups is 1. The van der Waals surface area contributed by atoms with Crippen molar-refractivity contribution >= 4 is 11.8 Å². The van der Waals surface area contributed by atoms with Gasteiger partial charge in [-0.25, -0.2) is 0 Å². The van der Waals surface area contributed by atoms with Gasteiger partial charge in [-0.2, -0.15) is 4.99 Å². The highest BCUT2D eigenvalue weighted by molar-refractivity contribution is 5.99. The minimum Gasteiger partial charge on any atom is -0.264 e. The summed E-state index contributed by atoms with van der Waals surface area (Å²) in [6.07, 6.45) is 8.49. The van der Waals surface area contributed by atoms with Gasteiger partial charge in [-0.15, -0.1) is 10.2 Å². The number of aliphatic imine (C=N–C) groups is 1. The highest BCUT2D eigenvalue weighted by Crippen LogP contribution is 2.10. The van der Waals surface area contributed by atoms with Gasteiger partial charge in [-0.05, 0) is 6.42 Å². The molecule has 1 N–H and O–H groups in total. The highest BCUT2D eigenvalue weighted by atomic mass is 15.3. The second-order valence-corrected chi connectivity index (χ2v) is 3.57. The fraction of sp³-hybridized carbons (Fsp3) is 0.800. The molecule has 0 aromatic rings. The lowest BCUT2D eigenvalue weighted by Gasteiger charge is -1.98. The molecule has 4 nitrogen and oxygen atoms in total. The first-order chi connectivity index (χ1) is 6.83. The molecule has 1 aliphatic heterocycles. The van der Waals surface area contributed by atoms with Crippen LogP contribution in [0.4, 0.5) is 0 Å². The quantitative estimate of drug-likeness (QED) is 0.603. The molecule has 0 bridgehead atoms. The Kier molecular flexibility index (Phi) is 5.04.